The largest absolute Gasteiger partial charge is 0.383 e. The minimum absolute atomic E-state index is 0.0249. The Morgan fingerprint density at radius 3 is 2.78 bits per heavy atom. The highest BCUT2D eigenvalue weighted by molar-refractivity contribution is 5.98. The molecule has 4 aromatic rings. The number of hydrogen-bond donors (Lipinski definition) is 2. The zero-order valence-corrected chi connectivity index (χ0v) is 18.3. The van der Waals surface area contributed by atoms with E-state index in [1.807, 2.05) is 44.7 Å². The maximum atomic E-state index is 12.7. The van der Waals surface area contributed by atoms with Gasteiger partial charge in [-0.05, 0) is 60.4 Å². The lowest BCUT2D eigenvalue weighted by Crippen LogP contribution is -2.15. The number of carbonyl (C=O) groups is 1. The van der Waals surface area contributed by atoms with Crippen LogP contribution in [0.15, 0.2) is 43.0 Å². The van der Waals surface area contributed by atoms with Gasteiger partial charge in [0.2, 0.25) is 5.91 Å². The van der Waals surface area contributed by atoms with Crippen LogP contribution in [0.1, 0.15) is 36.1 Å². The van der Waals surface area contributed by atoms with E-state index in [1.54, 1.807) is 10.9 Å². The second-order valence-corrected chi connectivity index (χ2v) is 8.41. The third kappa shape index (κ3) is 3.68. The minimum Gasteiger partial charge on any atom is -0.383 e. The third-order valence-corrected chi connectivity index (χ3v) is 6.08. The molecule has 0 unspecified atom stereocenters. The quantitative estimate of drug-likeness (QED) is 0.503. The Balaban J connectivity index is 1.40. The van der Waals surface area contributed by atoms with E-state index in [4.69, 9.17) is 5.73 Å². The van der Waals surface area contributed by atoms with Gasteiger partial charge in [0.05, 0.1) is 11.9 Å². The van der Waals surface area contributed by atoms with Crippen molar-refractivity contribution in [3.63, 3.8) is 0 Å². The van der Waals surface area contributed by atoms with E-state index in [9.17, 15) is 4.79 Å². The molecule has 1 aliphatic rings. The molecule has 32 heavy (non-hydrogen) atoms. The van der Waals surface area contributed by atoms with Gasteiger partial charge in [0.15, 0.2) is 0 Å². The summed E-state index contributed by atoms with van der Waals surface area (Å²) in [5, 5.41) is 8.78. The third-order valence-electron chi connectivity index (χ3n) is 6.08. The van der Waals surface area contributed by atoms with Gasteiger partial charge in [0.25, 0.3) is 0 Å². The van der Waals surface area contributed by atoms with Gasteiger partial charge in [0.1, 0.15) is 11.6 Å². The molecule has 4 aromatic heterocycles. The van der Waals surface area contributed by atoms with Gasteiger partial charge < -0.3 is 11.1 Å². The number of nitrogen functional groups attached to an aromatic ring is 1. The molecule has 1 fully saturated rings. The van der Waals surface area contributed by atoms with Gasteiger partial charge >= 0.3 is 0 Å². The molecule has 8 heteroatoms. The second-order valence-electron chi connectivity index (χ2n) is 8.41. The maximum absolute atomic E-state index is 12.7. The lowest BCUT2D eigenvalue weighted by atomic mass is 10.0. The van der Waals surface area contributed by atoms with Crippen molar-refractivity contribution in [2.24, 2.45) is 13.0 Å². The molecule has 5 rings (SSSR count). The van der Waals surface area contributed by atoms with E-state index in [-0.39, 0.29) is 17.7 Å². The van der Waals surface area contributed by atoms with Crippen molar-refractivity contribution in [2.75, 3.05) is 11.1 Å². The summed E-state index contributed by atoms with van der Waals surface area (Å²) in [6.07, 6.45) is 9.00. The first kappa shape index (κ1) is 20.1. The summed E-state index contributed by atoms with van der Waals surface area (Å²) in [7, 11) is 1.88. The number of carbonyl (C=O) groups excluding carboxylic acids is 1. The molecule has 0 aromatic carbocycles. The molecule has 2 atom stereocenters. The first-order valence-corrected chi connectivity index (χ1v) is 10.7. The molecule has 3 N–H and O–H groups in total. The fourth-order valence-electron chi connectivity index (χ4n) is 4.16. The monoisotopic (exact) mass is 427 g/mol. The van der Waals surface area contributed by atoms with Crippen LogP contribution in [0, 0.1) is 12.8 Å². The summed E-state index contributed by atoms with van der Waals surface area (Å²) in [6.45, 7) is 4.13. The van der Waals surface area contributed by atoms with Crippen molar-refractivity contribution in [3.05, 3.63) is 59.8 Å². The Labute approximate surface area is 185 Å². The van der Waals surface area contributed by atoms with Crippen molar-refractivity contribution in [1.29, 1.82) is 0 Å². The molecule has 0 bridgehead atoms. The van der Waals surface area contributed by atoms with Gasteiger partial charge in [0, 0.05) is 48.2 Å². The summed E-state index contributed by atoms with van der Waals surface area (Å²) in [5.74, 6) is 1.05. The van der Waals surface area contributed by atoms with Gasteiger partial charge in [-0.3, -0.25) is 14.5 Å². The highest BCUT2D eigenvalue weighted by Crippen LogP contribution is 2.47. The number of amides is 1. The molecule has 1 saturated carbocycles. The number of hydrogen-bond acceptors (Lipinski definition) is 6. The molecular weight excluding hydrogens is 402 g/mol. The van der Waals surface area contributed by atoms with Gasteiger partial charge in [-0.15, -0.1) is 0 Å². The maximum Gasteiger partial charge on any atom is 0.229 e. The van der Waals surface area contributed by atoms with E-state index in [1.165, 1.54) is 0 Å². The van der Waals surface area contributed by atoms with E-state index >= 15 is 0 Å². The molecule has 8 nitrogen and oxygen atoms in total. The van der Waals surface area contributed by atoms with Crippen LogP contribution >= 0.6 is 0 Å². The van der Waals surface area contributed by atoms with Crippen molar-refractivity contribution in [2.45, 2.75) is 32.6 Å². The Morgan fingerprint density at radius 2 is 2.06 bits per heavy atom. The van der Waals surface area contributed by atoms with E-state index < -0.39 is 0 Å². The minimum atomic E-state index is -0.0550. The van der Waals surface area contributed by atoms with Crippen LogP contribution in [0.3, 0.4) is 0 Å². The zero-order valence-electron chi connectivity index (χ0n) is 18.3. The Hall–Kier alpha value is -3.81. The number of nitrogens with two attached hydrogens (primary N) is 1. The molecule has 4 heterocycles. The number of aromatic nitrogens is 5. The van der Waals surface area contributed by atoms with Crippen LogP contribution in [-0.2, 0) is 18.3 Å². The van der Waals surface area contributed by atoms with Crippen LogP contribution in [0.5, 0.6) is 0 Å². The summed E-state index contributed by atoms with van der Waals surface area (Å²) in [4.78, 5) is 26.2. The number of fused-ring (bicyclic) bond motifs is 1. The zero-order chi connectivity index (χ0) is 22.4. The van der Waals surface area contributed by atoms with Crippen LogP contribution in [0.2, 0.25) is 0 Å². The second kappa shape index (κ2) is 7.71. The summed E-state index contributed by atoms with van der Waals surface area (Å²) in [5.41, 5.74) is 11.2. The molecule has 1 amide bonds. The van der Waals surface area contributed by atoms with E-state index in [2.05, 4.69) is 38.4 Å². The summed E-state index contributed by atoms with van der Waals surface area (Å²) < 4.78 is 1.76. The Morgan fingerprint density at radius 1 is 1.22 bits per heavy atom. The average molecular weight is 428 g/mol. The number of nitrogens with one attached hydrogen (secondary N) is 1. The summed E-state index contributed by atoms with van der Waals surface area (Å²) >= 11 is 0. The van der Waals surface area contributed by atoms with E-state index in [0.717, 1.165) is 51.7 Å². The summed E-state index contributed by atoms with van der Waals surface area (Å²) in [6, 6.07) is 5.89. The number of anilines is 2. The molecular formula is C24H25N7O. The highest BCUT2D eigenvalue weighted by Gasteiger charge is 2.44. The first-order chi connectivity index (χ1) is 15.4. The van der Waals surface area contributed by atoms with Crippen molar-refractivity contribution < 1.29 is 4.79 Å². The molecule has 0 radical (unpaired) electrons. The highest BCUT2D eigenvalue weighted by atomic mass is 16.2. The topological polar surface area (TPSA) is 112 Å². The molecule has 0 saturated heterocycles. The van der Waals surface area contributed by atoms with E-state index in [0.29, 0.717) is 11.6 Å². The van der Waals surface area contributed by atoms with Crippen LogP contribution in [-0.4, -0.2) is 30.6 Å². The van der Waals surface area contributed by atoms with Crippen LogP contribution in [0.4, 0.5) is 11.6 Å². The molecule has 1 aliphatic carbocycles. The Bertz CT molecular complexity index is 1340. The normalized spacial score (nSPS) is 17.5. The fraction of sp³-hybridized carbons (Fsp3) is 0.292. The van der Waals surface area contributed by atoms with Crippen molar-refractivity contribution in [3.8, 4) is 11.3 Å². The first-order valence-electron chi connectivity index (χ1n) is 10.7. The average Bonchev–Trinajstić information content (AvgIpc) is 3.46. The van der Waals surface area contributed by atoms with Crippen molar-refractivity contribution in [1.82, 2.24) is 24.7 Å². The Kier molecular flexibility index (Phi) is 4.84. The lowest BCUT2D eigenvalue weighted by Gasteiger charge is -2.11. The number of nitrogens with zero attached hydrogens (tertiary/aromatic N) is 5. The molecule has 162 valence electrons. The predicted molar refractivity (Wildman–Crippen MR) is 124 cm³/mol. The van der Waals surface area contributed by atoms with Gasteiger partial charge in [-0.2, -0.15) is 5.10 Å². The van der Waals surface area contributed by atoms with Crippen LogP contribution < -0.4 is 11.1 Å². The number of pyridine rings is 3. The van der Waals surface area contributed by atoms with Gasteiger partial charge in [-0.1, -0.05) is 6.92 Å². The van der Waals surface area contributed by atoms with Crippen LogP contribution in [0.25, 0.3) is 22.0 Å². The predicted octanol–water partition coefficient (Wildman–Crippen LogP) is 3.62. The SMILES string of the molecule is CCc1cc(C)c(-c2cc3cc(NC(=O)[C@@H]4C[C@H]4c4cnn(C)c4)ncc3c(N)n2)cn1. The lowest BCUT2D eigenvalue weighted by molar-refractivity contribution is -0.117. The standard InChI is InChI=1S/C24H25N7O/c1-4-16-5-13(2)19(10-26-16)21-6-14-7-22(27-11-20(14)23(25)29-21)30-24(32)18-8-17(18)15-9-28-31(3)12-15/h5-7,9-12,17-18H,4,8H2,1-3H3,(H2,25,29)(H,27,30,32)/t17-,18+/m0/s1. The molecule has 0 aliphatic heterocycles. The van der Waals surface area contributed by atoms with Crippen molar-refractivity contribution >= 4 is 28.3 Å². The fourth-order valence-corrected chi connectivity index (χ4v) is 4.16. The number of rotatable bonds is 5. The molecule has 0 spiro atoms. The smallest absolute Gasteiger partial charge is 0.229 e. The van der Waals surface area contributed by atoms with Gasteiger partial charge in [-0.25, -0.2) is 9.97 Å². The number of aryl methyl sites for hydroxylation is 3.